The van der Waals surface area contributed by atoms with E-state index >= 15 is 0 Å². The summed E-state index contributed by atoms with van der Waals surface area (Å²) in [6.07, 6.45) is 8.46. The van der Waals surface area contributed by atoms with Crippen LogP contribution in [0.15, 0.2) is 146 Å². The van der Waals surface area contributed by atoms with Gasteiger partial charge in [-0.05, 0) is 152 Å². The lowest BCUT2D eigenvalue weighted by atomic mass is 9.49. The van der Waals surface area contributed by atoms with E-state index < -0.39 is 0 Å². The zero-order valence-electron chi connectivity index (χ0n) is 29.3. The number of nitrogens with zero attached hydrogens (tertiary/aromatic N) is 1. The zero-order chi connectivity index (χ0) is 34.0. The SMILES string of the molecule is c1ccc(-c2c3c(c(-c4ccccc4)c4ccccc24)-c2ccc(-c4ccc5nc(C67CC8CC(CC(C8)C6)C7)ccc5c4)c4cccc-3c24)cc1. The molecule has 4 bridgehead atoms. The molecular weight excluding hydrogens is 627 g/mol. The molecule has 1 aromatic heterocycles. The van der Waals surface area contributed by atoms with Gasteiger partial charge in [0.15, 0.2) is 0 Å². The van der Waals surface area contributed by atoms with E-state index in [0.717, 1.165) is 23.3 Å². The number of fused-ring (bicyclic) bond motifs is 5. The van der Waals surface area contributed by atoms with Crippen molar-refractivity contribution in [3.63, 3.8) is 0 Å². The normalized spacial score (nSPS) is 22.4. The summed E-state index contributed by atoms with van der Waals surface area (Å²) in [5.74, 6) is 2.77. The van der Waals surface area contributed by atoms with Crippen molar-refractivity contribution in [2.45, 2.75) is 43.9 Å². The molecule has 0 unspecified atom stereocenters. The van der Waals surface area contributed by atoms with Crippen LogP contribution in [0.1, 0.15) is 44.2 Å². The van der Waals surface area contributed by atoms with Crippen molar-refractivity contribution in [3.8, 4) is 55.6 Å². The molecule has 0 aliphatic heterocycles. The maximum atomic E-state index is 5.43. The zero-order valence-corrected chi connectivity index (χ0v) is 29.3. The van der Waals surface area contributed by atoms with Crippen LogP contribution in [0.5, 0.6) is 0 Å². The van der Waals surface area contributed by atoms with Crippen LogP contribution in [-0.2, 0) is 5.41 Å². The van der Waals surface area contributed by atoms with Gasteiger partial charge in [0.05, 0.1) is 5.52 Å². The molecule has 1 heteroatoms. The molecule has 13 rings (SSSR count). The Hall–Kier alpha value is -5.53. The average Bonchev–Trinajstić information content (AvgIpc) is 3.51. The van der Waals surface area contributed by atoms with E-state index in [0.29, 0.717) is 5.41 Å². The second-order valence-electron chi connectivity index (χ2n) is 16.5. The van der Waals surface area contributed by atoms with Gasteiger partial charge in [-0.15, -0.1) is 0 Å². The Kier molecular flexibility index (Phi) is 6.01. The van der Waals surface area contributed by atoms with Gasteiger partial charge in [0.1, 0.15) is 0 Å². The first-order chi connectivity index (χ1) is 25.7. The lowest BCUT2D eigenvalue weighted by molar-refractivity contribution is -0.00705. The van der Waals surface area contributed by atoms with Crippen molar-refractivity contribution in [2.24, 2.45) is 17.8 Å². The minimum absolute atomic E-state index is 0.316. The van der Waals surface area contributed by atoms with Gasteiger partial charge in [-0.25, -0.2) is 0 Å². The maximum absolute atomic E-state index is 5.43. The number of hydrogen-bond acceptors (Lipinski definition) is 1. The monoisotopic (exact) mass is 665 g/mol. The van der Waals surface area contributed by atoms with Crippen LogP contribution in [0.4, 0.5) is 0 Å². The summed E-state index contributed by atoms with van der Waals surface area (Å²) in [7, 11) is 0. The van der Waals surface area contributed by atoms with Gasteiger partial charge in [0.2, 0.25) is 0 Å². The van der Waals surface area contributed by atoms with E-state index in [4.69, 9.17) is 4.98 Å². The summed E-state index contributed by atoms with van der Waals surface area (Å²) in [5.41, 5.74) is 15.9. The maximum Gasteiger partial charge on any atom is 0.0705 e. The predicted octanol–water partition coefficient (Wildman–Crippen LogP) is 13.7. The van der Waals surface area contributed by atoms with Crippen LogP contribution in [0, 0.1) is 17.8 Å². The van der Waals surface area contributed by atoms with Crippen molar-refractivity contribution >= 4 is 32.4 Å². The fourth-order valence-electron chi connectivity index (χ4n) is 11.9. The first kappa shape index (κ1) is 29.1. The molecule has 4 fully saturated rings. The molecule has 0 N–H and O–H groups in total. The molecule has 0 atom stereocenters. The van der Waals surface area contributed by atoms with Crippen LogP contribution in [0.3, 0.4) is 0 Å². The van der Waals surface area contributed by atoms with Crippen molar-refractivity contribution in [3.05, 3.63) is 151 Å². The number of hydrogen-bond donors (Lipinski definition) is 0. The van der Waals surface area contributed by atoms with Crippen molar-refractivity contribution in [1.29, 1.82) is 0 Å². The summed E-state index contributed by atoms with van der Waals surface area (Å²) >= 11 is 0. The van der Waals surface area contributed by atoms with Gasteiger partial charge in [-0.1, -0.05) is 127 Å². The third-order valence-electron chi connectivity index (χ3n) is 13.5. The van der Waals surface area contributed by atoms with Crippen LogP contribution in [-0.4, -0.2) is 4.98 Å². The number of rotatable bonds is 4. The second-order valence-corrected chi connectivity index (χ2v) is 16.5. The summed E-state index contributed by atoms with van der Waals surface area (Å²) in [4.78, 5) is 5.43. The van der Waals surface area contributed by atoms with E-state index in [1.807, 2.05) is 0 Å². The van der Waals surface area contributed by atoms with Gasteiger partial charge in [-0.2, -0.15) is 0 Å². The minimum atomic E-state index is 0.316. The van der Waals surface area contributed by atoms with E-state index in [9.17, 15) is 0 Å². The molecule has 8 aromatic rings. The number of benzene rings is 7. The topological polar surface area (TPSA) is 12.9 Å². The summed E-state index contributed by atoms with van der Waals surface area (Å²) in [5, 5.41) is 6.50. The average molecular weight is 666 g/mol. The fraction of sp³-hybridized carbons (Fsp3) is 0.196. The van der Waals surface area contributed by atoms with Gasteiger partial charge in [0, 0.05) is 16.5 Å². The lowest BCUT2D eigenvalue weighted by Crippen LogP contribution is -2.48. The van der Waals surface area contributed by atoms with Crippen LogP contribution < -0.4 is 0 Å². The van der Waals surface area contributed by atoms with E-state index in [-0.39, 0.29) is 0 Å². The Bertz CT molecular complexity index is 2630. The smallest absolute Gasteiger partial charge is 0.0705 e. The highest BCUT2D eigenvalue weighted by molar-refractivity contribution is 6.28. The Labute approximate surface area is 305 Å². The Balaban J connectivity index is 1.06. The highest BCUT2D eigenvalue weighted by atomic mass is 14.8. The first-order valence-electron chi connectivity index (χ1n) is 19.4. The molecule has 0 amide bonds. The molecule has 1 heterocycles. The third-order valence-corrected chi connectivity index (χ3v) is 13.5. The lowest BCUT2D eigenvalue weighted by Gasteiger charge is -2.56. The first-order valence-corrected chi connectivity index (χ1v) is 19.4. The molecular formula is C51H39N. The Morgan fingerprint density at radius 1 is 0.423 bits per heavy atom. The Morgan fingerprint density at radius 3 is 1.62 bits per heavy atom. The molecule has 5 aliphatic rings. The van der Waals surface area contributed by atoms with E-state index in [2.05, 4.69) is 146 Å². The molecule has 248 valence electrons. The minimum Gasteiger partial charge on any atom is -0.252 e. The molecule has 1 nitrogen and oxygen atoms in total. The number of aromatic nitrogens is 1. The Morgan fingerprint density at radius 2 is 0.981 bits per heavy atom. The van der Waals surface area contributed by atoms with E-state index in [1.54, 1.807) is 0 Å². The molecule has 5 aliphatic carbocycles. The van der Waals surface area contributed by atoms with Gasteiger partial charge in [0.25, 0.3) is 0 Å². The van der Waals surface area contributed by atoms with E-state index in [1.165, 1.54) is 127 Å². The molecule has 0 spiro atoms. The quantitative estimate of drug-likeness (QED) is 0.182. The summed E-state index contributed by atoms with van der Waals surface area (Å²) < 4.78 is 0. The van der Waals surface area contributed by atoms with Crippen molar-refractivity contribution in [1.82, 2.24) is 4.98 Å². The molecule has 4 saturated carbocycles. The molecule has 0 radical (unpaired) electrons. The van der Waals surface area contributed by atoms with Crippen molar-refractivity contribution in [2.75, 3.05) is 0 Å². The molecule has 7 aromatic carbocycles. The van der Waals surface area contributed by atoms with Crippen LogP contribution in [0.25, 0.3) is 88.1 Å². The van der Waals surface area contributed by atoms with Crippen LogP contribution >= 0.6 is 0 Å². The van der Waals surface area contributed by atoms with Gasteiger partial charge < -0.3 is 0 Å². The van der Waals surface area contributed by atoms with Crippen LogP contribution in [0.2, 0.25) is 0 Å². The highest BCUT2D eigenvalue weighted by Gasteiger charge is 2.52. The third kappa shape index (κ3) is 4.08. The highest BCUT2D eigenvalue weighted by Crippen LogP contribution is 2.61. The van der Waals surface area contributed by atoms with Crippen molar-refractivity contribution < 1.29 is 0 Å². The van der Waals surface area contributed by atoms with Gasteiger partial charge >= 0.3 is 0 Å². The standard InChI is InChI=1S/C51H39N/c1-3-10-34(11-4-1)46-40-14-7-8-15-41(40)47(35-12-5-2-6-13-35)50-43-21-20-38(39-16-9-17-42(48(39)43)49(46)50)36-18-22-44-37(27-36)19-23-45(52-44)51-28-31-24-32(29-51)26-33(25-31)30-51/h1-23,27,31-33H,24-26,28-30H2. The fourth-order valence-corrected chi connectivity index (χ4v) is 11.9. The largest absolute Gasteiger partial charge is 0.252 e. The van der Waals surface area contributed by atoms with Gasteiger partial charge in [-0.3, -0.25) is 4.98 Å². The number of pyridine rings is 1. The predicted molar refractivity (Wildman–Crippen MR) is 217 cm³/mol. The summed E-state index contributed by atoms with van der Waals surface area (Å²) in [6.45, 7) is 0. The second kappa shape index (κ2) is 10.7. The summed E-state index contributed by atoms with van der Waals surface area (Å²) in [6, 6.07) is 54.5. The molecule has 52 heavy (non-hydrogen) atoms. The molecule has 0 saturated heterocycles.